The van der Waals surface area contributed by atoms with E-state index in [1.54, 1.807) is 18.3 Å². The molecule has 4 heteroatoms. The van der Waals surface area contributed by atoms with Crippen molar-refractivity contribution in [3.63, 3.8) is 0 Å². The van der Waals surface area contributed by atoms with Gasteiger partial charge in [0.2, 0.25) is 0 Å². The van der Waals surface area contributed by atoms with Crippen LogP contribution in [0.4, 0.5) is 4.39 Å². The fourth-order valence-electron chi connectivity index (χ4n) is 0.579. The summed E-state index contributed by atoms with van der Waals surface area (Å²) >= 11 is 5.30. The van der Waals surface area contributed by atoms with Gasteiger partial charge in [0.15, 0.2) is 6.29 Å². The summed E-state index contributed by atoms with van der Waals surface area (Å²) in [6.07, 6.45) is 6.29. The molecule has 100 valence electrons. The Bertz CT molecular complexity index is 218. The van der Waals surface area contributed by atoms with Crippen LogP contribution in [0.15, 0.2) is 24.5 Å². The first-order valence-corrected chi connectivity index (χ1v) is 6.17. The second-order valence-corrected chi connectivity index (χ2v) is 2.82. The Morgan fingerprint density at radius 2 is 2.00 bits per heavy atom. The van der Waals surface area contributed by atoms with Crippen LogP contribution in [0.25, 0.3) is 0 Å². The minimum Gasteiger partial charge on any atom is -0.298 e. The zero-order chi connectivity index (χ0) is 13.9. The maximum Gasteiger partial charge on any atom is 0.151 e. The molecule has 17 heavy (non-hydrogen) atoms. The van der Waals surface area contributed by atoms with Gasteiger partial charge in [-0.1, -0.05) is 27.2 Å². The lowest BCUT2D eigenvalue weighted by Crippen LogP contribution is -1.77. The maximum absolute atomic E-state index is 9.97. The molecule has 0 amide bonds. The molecule has 0 unspecified atom stereocenters. The Kier molecular flexibility index (Phi) is 30.5. The van der Waals surface area contributed by atoms with Crippen LogP contribution in [-0.2, 0) is 0 Å². The number of carbonyl (C=O) groups is 1. The number of rotatable bonds is 3. The average molecular weight is 264 g/mol. The van der Waals surface area contributed by atoms with Crippen molar-refractivity contribution in [2.24, 2.45) is 0 Å². The Morgan fingerprint density at radius 1 is 1.41 bits per heavy atom. The van der Waals surface area contributed by atoms with E-state index in [0.29, 0.717) is 12.7 Å². The number of halogens is 2. The van der Waals surface area contributed by atoms with Crippen molar-refractivity contribution in [1.29, 1.82) is 0 Å². The lowest BCUT2D eigenvalue weighted by molar-refractivity contribution is 0.112. The number of hydrogen-bond donors (Lipinski definition) is 0. The summed E-state index contributed by atoms with van der Waals surface area (Å²) in [5.74, 6) is 0.816. The van der Waals surface area contributed by atoms with Crippen molar-refractivity contribution in [3.8, 4) is 0 Å². The molecule has 0 spiro atoms. The van der Waals surface area contributed by atoms with Gasteiger partial charge in [-0.2, -0.15) is 0 Å². The average Bonchev–Trinajstić information content (AvgIpc) is 2.46. The normalized spacial score (nSPS) is 7.18. The Hall–Kier alpha value is -0.960. The minimum atomic E-state index is 0.500. The number of pyridine rings is 1. The molecule has 0 fully saturated rings. The summed E-state index contributed by atoms with van der Waals surface area (Å²) in [6.45, 7) is 6.13. The van der Waals surface area contributed by atoms with Gasteiger partial charge in [-0.15, -0.1) is 11.6 Å². The summed E-state index contributed by atoms with van der Waals surface area (Å²) < 4.78 is 9.50. The van der Waals surface area contributed by atoms with Gasteiger partial charge in [-0.3, -0.25) is 14.2 Å². The number of alkyl halides is 2. The van der Waals surface area contributed by atoms with E-state index in [1.165, 1.54) is 12.6 Å². The second kappa shape index (κ2) is 24.3. The summed E-state index contributed by atoms with van der Waals surface area (Å²) in [5, 5.41) is 0. The standard InChI is InChI=1S/C6H5NO.C4H9Cl.C2H6.CH3F/c8-5-6-2-1-3-7-4-6;1-2-3-4-5;2*1-2/h1-5H;2-4H2,1H3;1-2H3;1H3. The fraction of sp³-hybridized carbons (Fsp3) is 0.538. The lowest BCUT2D eigenvalue weighted by Gasteiger charge is -1.81. The third-order valence-electron chi connectivity index (χ3n) is 1.31. The van der Waals surface area contributed by atoms with E-state index in [9.17, 15) is 9.18 Å². The summed E-state index contributed by atoms with van der Waals surface area (Å²) in [5.41, 5.74) is 0.618. The highest BCUT2D eigenvalue weighted by atomic mass is 35.5. The van der Waals surface area contributed by atoms with Crippen molar-refractivity contribution < 1.29 is 9.18 Å². The predicted molar refractivity (Wildman–Crippen MR) is 73.6 cm³/mol. The summed E-state index contributed by atoms with van der Waals surface area (Å²) in [6, 6.07) is 3.43. The topological polar surface area (TPSA) is 30.0 Å². The van der Waals surface area contributed by atoms with Crippen LogP contribution in [0.1, 0.15) is 44.0 Å². The van der Waals surface area contributed by atoms with Gasteiger partial charge in [-0.25, -0.2) is 0 Å². The Balaban J connectivity index is -0.000000190. The van der Waals surface area contributed by atoms with E-state index < -0.39 is 0 Å². The molecule has 1 aromatic heterocycles. The van der Waals surface area contributed by atoms with Gasteiger partial charge >= 0.3 is 0 Å². The molecular formula is C13H23ClFNO. The second-order valence-electron chi connectivity index (χ2n) is 2.45. The molecule has 1 rings (SSSR count). The van der Waals surface area contributed by atoms with Crippen molar-refractivity contribution in [2.75, 3.05) is 13.1 Å². The molecule has 0 atom stereocenters. The molecule has 0 aliphatic rings. The van der Waals surface area contributed by atoms with Gasteiger partial charge < -0.3 is 0 Å². The third kappa shape index (κ3) is 21.0. The SMILES string of the molecule is CC.CCCCCl.CF.O=Cc1cccnc1. The smallest absolute Gasteiger partial charge is 0.151 e. The van der Waals surface area contributed by atoms with E-state index in [1.807, 2.05) is 13.8 Å². The quantitative estimate of drug-likeness (QED) is 0.592. The van der Waals surface area contributed by atoms with Crippen molar-refractivity contribution in [2.45, 2.75) is 33.6 Å². The highest BCUT2D eigenvalue weighted by Crippen LogP contribution is 1.87. The highest BCUT2D eigenvalue weighted by Gasteiger charge is 1.81. The van der Waals surface area contributed by atoms with Crippen LogP contribution in [0.2, 0.25) is 0 Å². The first kappa shape index (κ1) is 21.3. The molecule has 0 radical (unpaired) electrons. The minimum absolute atomic E-state index is 0.500. The zero-order valence-corrected chi connectivity index (χ0v) is 11.9. The van der Waals surface area contributed by atoms with Gasteiger partial charge in [0.1, 0.15) is 0 Å². The van der Waals surface area contributed by atoms with E-state index in [2.05, 4.69) is 11.9 Å². The molecule has 0 aliphatic heterocycles. The molecule has 0 aliphatic carbocycles. The molecule has 0 saturated heterocycles. The largest absolute Gasteiger partial charge is 0.298 e. The number of aldehydes is 1. The molecule has 1 aromatic rings. The van der Waals surface area contributed by atoms with Crippen LogP contribution in [0.5, 0.6) is 0 Å². The Morgan fingerprint density at radius 3 is 2.18 bits per heavy atom. The molecule has 0 saturated carbocycles. The molecule has 0 aromatic carbocycles. The van der Waals surface area contributed by atoms with Crippen LogP contribution in [0, 0.1) is 0 Å². The third-order valence-corrected chi connectivity index (χ3v) is 1.57. The molecule has 0 bridgehead atoms. The van der Waals surface area contributed by atoms with Crippen LogP contribution >= 0.6 is 11.6 Å². The number of nitrogens with zero attached hydrogens (tertiary/aromatic N) is 1. The van der Waals surface area contributed by atoms with Crippen molar-refractivity contribution in [3.05, 3.63) is 30.1 Å². The molecular weight excluding hydrogens is 241 g/mol. The Labute approximate surface area is 109 Å². The van der Waals surface area contributed by atoms with E-state index in [-0.39, 0.29) is 0 Å². The first-order chi connectivity index (χ1) is 8.35. The van der Waals surface area contributed by atoms with Gasteiger partial charge in [-0.05, 0) is 18.6 Å². The predicted octanol–water partition coefficient (Wildman–Crippen LogP) is 4.53. The highest BCUT2D eigenvalue weighted by molar-refractivity contribution is 6.17. The molecule has 0 N–H and O–H groups in total. The zero-order valence-electron chi connectivity index (χ0n) is 11.1. The lowest BCUT2D eigenvalue weighted by atomic mass is 10.3. The summed E-state index contributed by atoms with van der Waals surface area (Å²) in [4.78, 5) is 13.7. The van der Waals surface area contributed by atoms with Crippen LogP contribution in [0.3, 0.4) is 0 Å². The van der Waals surface area contributed by atoms with Crippen molar-refractivity contribution >= 4 is 17.9 Å². The molecule has 1 heterocycles. The summed E-state index contributed by atoms with van der Waals surface area (Å²) in [7, 11) is 0.500. The van der Waals surface area contributed by atoms with Crippen LogP contribution < -0.4 is 0 Å². The van der Waals surface area contributed by atoms with Crippen LogP contribution in [-0.4, -0.2) is 24.3 Å². The van der Waals surface area contributed by atoms with E-state index >= 15 is 0 Å². The van der Waals surface area contributed by atoms with E-state index in [4.69, 9.17) is 11.6 Å². The first-order valence-electron chi connectivity index (χ1n) is 5.64. The fourth-order valence-corrected chi connectivity index (χ4v) is 0.847. The maximum atomic E-state index is 9.97. The van der Waals surface area contributed by atoms with E-state index in [0.717, 1.165) is 18.6 Å². The number of unbranched alkanes of at least 4 members (excludes halogenated alkanes) is 1. The van der Waals surface area contributed by atoms with Gasteiger partial charge in [0, 0.05) is 23.8 Å². The van der Waals surface area contributed by atoms with Gasteiger partial charge in [0.25, 0.3) is 0 Å². The molecule has 2 nitrogen and oxygen atoms in total. The van der Waals surface area contributed by atoms with Crippen molar-refractivity contribution in [1.82, 2.24) is 4.98 Å². The number of aromatic nitrogens is 1. The monoisotopic (exact) mass is 263 g/mol. The number of hydrogen-bond acceptors (Lipinski definition) is 2. The van der Waals surface area contributed by atoms with Gasteiger partial charge in [0.05, 0.1) is 7.18 Å². The number of carbonyl (C=O) groups excluding carboxylic acids is 1.